The molecular formula is C9H16O6S. The molecule has 1 unspecified atom stereocenters. The summed E-state index contributed by atoms with van der Waals surface area (Å²) in [4.78, 5) is 0. The lowest BCUT2D eigenvalue weighted by molar-refractivity contribution is -0.00878. The van der Waals surface area contributed by atoms with Crippen LogP contribution in [0.3, 0.4) is 0 Å². The van der Waals surface area contributed by atoms with Crippen molar-refractivity contribution < 1.29 is 28.5 Å². The molecule has 7 heteroatoms. The maximum Gasteiger partial charge on any atom is 0.187 e. The van der Waals surface area contributed by atoms with Crippen molar-refractivity contribution in [3.8, 4) is 0 Å². The van der Waals surface area contributed by atoms with Gasteiger partial charge in [0.2, 0.25) is 0 Å². The van der Waals surface area contributed by atoms with Crippen molar-refractivity contribution in [2.45, 2.75) is 30.7 Å². The number of aliphatic hydroxyl groups excluding tert-OH is 3. The van der Waals surface area contributed by atoms with E-state index in [0.717, 1.165) is 0 Å². The highest BCUT2D eigenvalue weighted by Gasteiger charge is 2.48. The summed E-state index contributed by atoms with van der Waals surface area (Å²) in [6.07, 6.45) is -4.00. The molecule has 0 aromatic carbocycles. The highest BCUT2D eigenvalue weighted by molar-refractivity contribution is 7.92. The van der Waals surface area contributed by atoms with E-state index in [4.69, 9.17) is 9.84 Å². The third-order valence-electron chi connectivity index (χ3n) is 2.30. The predicted octanol–water partition coefficient (Wildman–Crippen LogP) is -1.58. The molecule has 0 aliphatic carbocycles. The fraction of sp³-hybridized carbons (Fsp3) is 0.778. The molecule has 6 nitrogen and oxygen atoms in total. The van der Waals surface area contributed by atoms with Gasteiger partial charge >= 0.3 is 0 Å². The summed E-state index contributed by atoms with van der Waals surface area (Å²) >= 11 is 0. The Morgan fingerprint density at radius 1 is 1.38 bits per heavy atom. The number of hydrogen-bond acceptors (Lipinski definition) is 6. The largest absolute Gasteiger partial charge is 0.394 e. The summed E-state index contributed by atoms with van der Waals surface area (Å²) in [5.74, 6) is -0.320. The minimum Gasteiger partial charge on any atom is -0.394 e. The van der Waals surface area contributed by atoms with Crippen LogP contribution in [-0.4, -0.2) is 59.8 Å². The Balaban J connectivity index is 2.86. The summed E-state index contributed by atoms with van der Waals surface area (Å²) in [6.45, 7) is 4.46. The van der Waals surface area contributed by atoms with Crippen LogP contribution in [0, 0.1) is 0 Å². The van der Waals surface area contributed by atoms with Gasteiger partial charge in [0, 0.05) is 0 Å². The van der Waals surface area contributed by atoms with Crippen LogP contribution in [0.5, 0.6) is 0 Å². The predicted molar refractivity (Wildman–Crippen MR) is 56.4 cm³/mol. The van der Waals surface area contributed by atoms with Crippen LogP contribution in [0.2, 0.25) is 0 Å². The normalized spacial score (nSPS) is 35.2. The molecule has 94 valence electrons. The minimum atomic E-state index is -3.73. The second-order valence-corrected chi connectivity index (χ2v) is 6.05. The molecule has 0 aromatic rings. The van der Waals surface area contributed by atoms with Gasteiger partial charge in [0.1, 0.15) is 18.3 Å². The summed E-state index contributed by atoms with van der Waals surface area (Å²) in [5.41, 5.74) is -1.09. The molecule has 1 fully saturated rings. The molecule has 0 saturated carbocycles. The van der Waals surface area contributed by atoms with Gasteiger partial charge in [-0.15, -0.1) is 0 Å². The first-order chi connectivity index (χ1) is 7.29. The lowest BCUT2D eigenvalue weighted by atomic mass is 10.2. The number of ether oxygens (including phenoxy) is 1. The highest BCUT2D eigenvalue weighted by atomic mass is 32.2. The van der Waals surface area contributed by atoms with Gasteiger partial charge in [0.05, 0.1) is 12.4 Å². The second-order valence-electron chi connectivity index (χ2n) is 3.97. The van der Waals surface area contributed by atoms with Crippen LogP contribution in [-0.2, 0) is 14.6 Å². The van der Waals surface area contributed by atoms with Gasteiger partial charge in [-0.05, 0) is 6.92 Å². The van der Waals surface area contributed by atoms with Crippen molar-refractivity contribution in [2.75, 3.05) is 12.4 Å². The minimum absolute atomic E-state index is 0.320. The van der Waals surface area contributed by atoms with E-state index in [1.165, 1.54) is 0 Å². The Kier molecular flexibility index (Phi) is 4.08. The molecule has 4 atom stereocenters. The first-order valence-electron chi connectivity index (χ1n) is 4.78. The molecule has 16 heavy (non-hydrogen) atoms. The van der Waals surface area contributed by atoms with E-state index in [0.29, 0.717) is 5.57 Å². The van der Waals surface area contributed by atoms with E-state index in [2.05, 4.69) is 6.58 Å². The smallest absolute Gasteiger partial charge is 0.187 e. The number of hydrogen-bond donors (Lipinski definition) is 3. The molecule has 1 aliphatic heterocycles. The Morgan fingerprint density at radius 2 is 1.94 bits per heavy atom. The van der Waals surface area contributed by atoms with Crippen LogP contribution >= 0.6 is 0 Å². The van der Waals surface area contributed by atoms with Gasteiger partial charge < -0.3 is 20.1 Å². The maximum atomic E-state index is 11.7. The second kappa shape index (κ2) is 4.80. The zero-order valence-corrected chi connectivity index (χ0v) is 9.72. The van der Waals surface area contributed by atoms with Crippen LogP contribution in [0.25, 0.3) is 0 Å². The van der Waals surface area contributed by atoms with E-state index < -0.39 is 40.2 Å². The topological polar surface area (TPSA) is 104 Å². The Bertz CT molecular complexity index is 362. The molecule has 0 spiro atoms. The summed E-state index contributed by atoms with van der Waals surface area (Å²) < 4.78 is 28.4. The van der Waals surface area contributed by atoms with Crippen molar-refractivity contribution in [1.82, 2.24) is 0 Å². The Morgan fingerprint density at radius 3 is 2.31 bits per heavy atom. The fourth-order valence-corrected chi connectivity index (χ4v) is 3.34. The van der Waals surface area contributed by atoms with Gasteiger partial charge in [-0.25, -0.2) is 8.42 Å². The zero-order valence-electron chi connectivity index (χ0n) is 8.91. The molecular weight excluding hydrogens is 236 g/mol. The fourth-order valence-electron chi connectivity index (χ4n) is 1.59. The molecule has 0 radical (unpaired) electrons. The summed E-state index contributed by atoms with van der Waals surface area (Å²) in [5, 5.41) is 27.7. The maximum absolute atomic E-state index is 11.7. The van der Waals surface area contributed by atoms with E-state index in [1.54, 1.807) is 6.92 Å². The van der Waals surface area contributed by atoms with Crippen molar-refractivity contribution in [2.24, 2.45) is 0 Å². The van der Waals surface area contributed by atoms with Crippen molar-refractivity contribution in [1.29, 1.82) is 0 Å². The van der Waals surface area contributed by atoms with Crippen LogP contribution < -0.4 is 0 Å². The van der Waals surface area contributed by atoms with Gasteiger partial charge in [-0.3, -0.25) is 0 Å². The Hall–Kier alpha value is -0.470. The van der Waals surface area contributed by atoms with E-state index in [1.807, 2.05) is 0 Å². The monoisotopic (exact) mass is 252 g/mol. The van der Waals surface area contributed by atoms with Crippen molar-refractivity contribution in [3.63, 3.8) is 0 Å². The van der Waals surface area contributed by atoms with Crippen LogP contribution in [0.15, 0.2) is 12.2 Å². The zero-order chi connectivity index (χ0) is 12.5. The molecule has 1 saturated heterocycles. The van der Waals surface area contributed by atoms with Crippen molar-refractivity contribution in [3.05, 3.63) is 12.2 Å². The molecule has 1 rings (SSSR count). The molecule has 0 aromatic heterocycles. The third kappa shape index (κ3) is 2.61. The standard InChI is InChI=1S/C9H16O6S/c1-5(2)4-16(13,14)9-8(12)7(11)6(3-10)15-9/h6-12H,1,3-4H2,2H3/t6-,7-,8-,9?/m1/s1. The van der Waals surface area contributed by atoms with Gasteiger partial charge in [0.25, 0.3) is 0 Å². The molecule has 3 N–H and O–H groups in total. The van der Waals surface area contributed by atoms with Gasteiger partial charge in [-0.2, -0.15) is 0 Å². The first kappa shape index (κ1) is 13.6. The van der Waals surface area contributed by atoms with E-state index in [-0.39, 0.29) is 5.75 Å². The number of aliphatic hydroxyl groups is 3. The lowest BCUT2D eigenvalue weighted by Crippen LogP contribution is -2.37. The third-order valence-corrected chi connectivity index (χ3v) is 4.29. The number of rotatable bonds is 4. The Labute approximate surface area is 94.1 Å². The first-order valence-corrected chi connectivity index (χ1v) is 6.49. The quantitative estimate of drug-likeness (QED) is 0.521. The van der Waals surface area contributed by atoms with Gasteiger partial charge in [-0.1, -0.05) is 12.2 Å². The molecule has 1 aliphatic rings. The van der Waals surface area contributed by atoms with Crippen LogP contribution in [0.1, 0.15) is 6.92 Å². The average molecular weight is 252 g/mol. The lowest BCUT2D eigenvalue weighted by Gasteiger charge is -2.15. The van der Waals surface area contributed by atoms with Crippen molar-refractivity contribution >= 4 is 9.84 Å². The summed E-state index contributed by atoms with van der Waals surface area (Å²) in [7, 11) is -3.73. The number of sulfone groups is 1. The highest BCUT2D eigenvalue weighted by Crippen LogP contribution is 2.26. The summed E-state index contributed by atoms with van der Waals surface area (Å²) in [6, 6.07) is 0. The molecule has 1 heterocycles. The SMILES string of the molecule is C=C(C)CS(=O)(=O)C1O[C@H](CO)[C@@H](O)[C@H]1O. The van der Waals surface area contributed by atoms with E-state index in [9.17, 15) is 18.6 Å². The molecule has 0 amide bonds. The van der Waals surface area contributed by atoms with Gasteiger partial charge in [0.15, 0.2) is 15.3 Å². The molecule has 0 bridgehead atoms. The van der Waals surface area contributed by atoms with Crippen LogP contribution in [0.4, 0.5) is 0 Å². The average Bonchev–Trinajstić information content (AvgIpc) is 2.42. The van der Waals surface area contributed by atoms with E-state index >= 15 is 0 Å².